The van der Waals surface area contributed by atoms with Gasteiger partial charge in [-0.1, -0.05) is 17.2 Å². The van der Waals surface area contributed by atoms with Gasteiger partial charge in [-0.25, -0.2) is 12.8 Å². The van der Waals surface area contributed by atoms with E-state index in [0.717, 1.165) is 26.9 Å². The molecule has 0 spiro atoms. The van der Waals surface area contributed by atoms with E-state index in [1.54, 1.807) is 11.8 Å². The van der Waals surface area contributed by atoms with Gasteiger partial charge in [0.25, 0.3) is 0 Å². The summed E-state index contributed by atoms with van der Waals surface area (Å²) in [6, 6.07) is 11.4. The lowest BCUT2D eigenvalue weighted by Crippen LogP contribution is -2.43. The molecule has 1 aromatic heterocycles. The molecule has 3 aromatic rings. The molecule has 11 heteroatoms. The van der Waals surface area contributed by atoms with Crippen molar-refractivity contribution in [1.29, 1.82) is 0 Å². The van der Waals surface area contributed by atoms with E-state index in [1.807, 2.05) is 30.5 Å². The molecule has 1 saturated heterocycles. The van der Waals surface area contributed by atoms with Crippen LogP contribution in [0.5, 0.6) is 0 Å². The van der Waals surface area contributed by atoms with E-state index >= 15 is 0 Å². The number of nitrogens with zero attached hydrogens (tertiary/aromatic N) is 3. The first kappa shape index (κ1) is 22.4. The highest BCUT2D eigenvalue weighted by Crippen LogP contribution is 2.27. The number of carbonyl (C=O) groups excluding carboxylic acids is 1. The van der Waals surface area contributed by atoms with Crippen LogP contribution < -0.4 is 5.32 Å². The molecule has 8 nitrogen and oxygen atoms in total. The molecule has 2 aromatic carbocycles. The van der Waals surface area contributed by atoms with Crippen molar-refractivity contribution < 1.29 is 22.0 Å². The Hall–Kier alpha value is -2.76. The van der Waals surface area contributed by atoms with Crippen LogP contribution in [-0.2, 0) is 21.2 Å². The zero-order valence-corrected chi connectivity index (χ0v) is 18.8. The Labute approximate surface area is 189 Å². The van der Waals surface area contributed by atoms with Crippen molar-refractivity contribution in [3.63, 3.8) is 0 Å². The van der Waals surface area contributed by atoms with Gasteiger partial charge in [-0.15, -0.1) is 16.9 Å². The molecule has 1 amide bonds. The SMILES string of the molecule is CSc1ccc(Cc2nnc(NC(=O)C3CCCN3S(=O)(=O)c3ccc(F)cc3)o2)cc1. The number of carbonyl (C=O) groups is 1. The number of hydrogen-bond acceptors (Lipinski definition) is 7. The average molecular weight is 477 g/mol. The van der Waals surface area contributed by atoms with Crippen LogP contribution in [0.2, 0.25) is 0 Å². The van der Waals surface area contributed by atoms with Crippen molar-refractivity contribution >= 4 is 33.7 Å². The van der Waals surface area contributed by atoms with Crippen molar-refractivity contribution in [3.05, 3.63) is 65.8 Å². The molecule has 1 aliphatic rings. The topological polar surface area (TPSA) is 105 Å². The summed E-state index contributed by atoms with van der Waals surface area (Å²) in [6.07, 6.45) is 3.29. The molecule has 1 aliphatic heterocycles. The second kappa shape index (κ2) is 9.39. The van der Waals surface area contributed by atoms with Crippen LogP contribution in [0.4, 0.5) is 10.4 Å². The monoisotopic (exact) mass is 476 g/mol. The Morgan fingerprint density at radius 1 is 1.19 bits per heavy atom. The summed E-state index contributed by atoms with van der Waals surface area (Å²) in [6.45, 7) is 0.193. The van der Waals surface area contributed by atoms with Gasteiger partial charge < -0.3 is 4.42 Å². The molecule has 168 valence electrons. The molecule has 1 N–H and O–H groups in total. The maximum absolute atomic E-state index is 13.2. The van der Waals surface area contributed by atoms with Gasteiger partial charge in [0, 0.05) is 11.4 Å². The normalized spacial score (nSPS) is 16.9. The molecule has 32 heavy (non-hydrogen) atoms. The molecule has 1 atom stereocenters. The maximum atomic E-state index is 13.2. The summed E-state index contributed by atoms with van der Waals surface area (Å²) in [7, 11) is -3.95. The van der Waals surface area contributed by atoms with E-state index in [4.69, 9.17) is 4.42 Å². The number of halogens is 1. The highest BCUT2D eigenvalue weighted by Gasteiger charge is 2.39. The molecular formula is C21H21FN4O4S2. The van der Waals surface area contributed by atoms with Crippen LogP contribution in [0, 0.1) is 5.82 Å². The third-order valence-electron chi connectivity index (χ3n) is 5.14. The summed E-state index contributed by atoms with van der Waals surface area (Å²) in [5.74, 6) is -0.751. The maximum Gasteiger partial charge on any atom is 0.322 e. The summed E-state index contributed by atoms with van der Waals surface area (Å²) in [5, 5.41) is 10.3. The fourth-order valence-electron chi connectivity index (χ4n) is 3.51. The summed E-state index contributed by atoms with van der Waals surface area (Å²) >= 11 is 1.65. The third-order valence-corrected chi connectivity index (χ3v) is 7.80. The van der Waals surface area contributed by atoms with E-state index in [-0.39, 0.29) is 17.5 Å². The third kappa shape index (κ3) is 4.84. The molecule has 0 radical (unpaired) electrons. The van der Waals surface area contributed by atoms with Crippen LogP contribution in [0.3, 0.4) is 0 Å². The number of anilines is 1. The van der Waals surface area contributed by atoms with Crippen molar-refractivity contribution in [2.24, 2.45) is 0 Å². The highest BCUT2D eigenvalue weighted by molar-refractivity contribution is 7.98. The van der Waals surface area contributed by atoms with E-state index in [9.17, 15) is 17.6 Å². The van der Waals surface area contributed by atoms with Crippen LogP contribution in [0.25, 0.3) is 0 Å². The number of sulfonamides is 1. The highest BCUT2D eigenvalue weighted by atomic mass is 32.2. The van der Waals surface area contributed by atoms with E-state index in [0.29, 0.717) is 25.2 Å². The first-order valence-corrected chi connectivity index (χ1v) is 12.6. The van der Waals surface area contributed by atoms with Crippen LogP contribution in [0.15, 0.2) is 62.7 Å². The van der Waals surface area contributed by atoms with Crippen molar-refractivity contribution in [2.75, 3.05) is 18.1 Å². The predicted molar refractivity (Wildman–Crippen MR) is 117 cm³/mol. The van der Waals surface area contributed by atoms with E-state index in [1.165, 1.54) is 12.1 Å². The Morgan fingerprint density at radius 3 is 2.59 bits per heavy atom. The second-order valence-electron chi connectivity index (χ2n) is 7.24. The van der Waals surface area contributed by atoms with Crippen LogP contribution in [0.1, 0.15) is 24.3 Å². The van der Waals surface area contributed by atoms with Crippen molar-refractivity contribution in [1.82, 2.24) is 14.5 Å². The summed E-state index contributed by atoms with van der Waals surface area (Å²) in [5.41, 5.74) is 0.983. The predicted octanol–water partition coefficient (Wildman–Crippen LogP) is 3.31. The fourth-order valence-corrected chi connectivity index (χ4v) is 5.58. The number of rotatable bonds is 7. The molecular weight excluding hydrogens is 455 g/mol. The lowest BCUT2D eigenvalue weighted by Gasteiger charge is -2.22. The lowest BCUT2D eigenvalue weighted by atomic mass is 10.1. The van der Waals surface area contributed by atoms with Crippen LogP contribution >= 0.6 is 11.8 Å². The first-order valence-electron chi connectivity index (χ1n) is 9.90. The number of thioether (sulfide) groups is 1. The minimum Gasteiger partial charge on any atom is -0.407 e. The lowest BCUT2D eigenvalue weighted by molar-refractivity contribution is -0.119. The number of hydrogen-bond donors (Lipinski definition) is 1. The van der Waals surface area contributed by atoms with Gasteiger partial charge in [0.05, 0.1) is 11.3 Å². The van der Waals surface area contributed by atoms with Gasteiger partial charge in [0.15, 0.2) is 0 Å². The molecule has 0 saturated carbocycles. The standard InChI is InChI=1S/C21H21FN4O4S2/c1-31-16-8-4-14(5-9-16)13-19-24-25-21(30-19)23-20(27)18-3-2-12-26(18)32(28,29)17-10-6-15(22)7-11-17/h4-11,18H,2-3,12-13H2,1H3,(H,23,25,27). The quantitative estimate of drug-likeness (QED) is 0.522. The fraction of sp³-hybridized carbons (Fsp3) is 0.286. The zero-order chi connectivity index (χ0) is 22.7. The Morgan fingerprint density at radius 2 is 1.91 bits per heavy atom. The van der Waals surface area contributed by atoms with Gasteiger partial charge in [-0.2, -0.15) is 4.31 Å². The Bertz CT molecular complexity index is 1200. The van der Waals surface area contributed by atoms with E-state index in [2.05, 4.69) is 15.5 Å². The van der Waals surface area contributed by atoms with Gasteiger partial charge >= 0.3 is 6.01 Å². The second-order valence-corrected chi connectivity index (χ2v) is 10.0. The van der Waals surface area contributed by atoms with Crippen molar-refractivity contribution in [3.8, 4) is 0 Å². The first-order chi connectivity index (χ1) is 15.4. The largest absolute Gasteiger partial charge is 0.407 e. The van der Waals surface area contributed by atoms with Crippen LogP contribution in [-0.4, -0.2) is 47.7 Å². The molecule has 1 unspecified atom stereocenters. The summed E-state index contributed by atoms with van der Waals surface area (Å²) in [4.78, 5) is 13.9. The minimum atomic E-state index is -3.95. The van der Waals surface area contributed by atoms with Crippen molar-refractivity contribution in [2.45, 2.75) is 35.1 Å². The molecule has 1 fully saturated rings. The number of amides is 1. The molecule has 0 aliphatic carbocycles. The number of nitrogens with one attached hydrogen (secondary N) is 1. The number of benzene rings is 2. The van der Waals surface area contributed by atoms with E-state index < -0.39 is 27.8 Å². The van der Waals surface area contributed by atoms with Gasteiger partial charge in [-0.3, -0.25) is 10.1 Å². The smallest absolute Gasteiger partial charge is 0.322 e. The Balaban J connectivity index is 1.43. The van der Waals surface area contributed by atoms with Gasteiger partial charge in [-0.05, 0) is 61.1 Å². The zero-order valence-electron chi connectivity index (χ0n) is 17.2. The minimum absolute atomic E-state index is 0.0637. The average Bonchev–Trinajstić information content (AvgIpc) is 3.45. The Kier molecular flexibility index (Phi) is 6.58. The molecule has 0 bridgehead atoms. The molecule has 2 heterocycles. The number of aromatic nitrogens is 2. The molecule has 4 rings (SSSR count). The van der Waals surface area contributed by atoms with Gasteiger partial charge in [0.2, 0.25) is 21.8 Å². The summed E-state index contributed by atoms with van der Waals surface area (Å²) < 4.78 is 45.7. The van der Waals surface area contributed by atoms with Gasteiger partial charge in [0.1, 0.15) is 11.9 Å².